The van der Waals surface area contributed by atoms with Crippen LogP contribution in [0.15, 0.2) is 6.20 Å². The summed E-state index contributed by atoms with van der Waals surface area (Å²) in [5.41, 5.74) is 7.58. The zero-order chi connectivity index (χ0) is 10.1. The summed E-state index contributed by atoms with van der Waals surface area (Å²) in [5.74, 6) is -0.552. The number of nitrogens with two attached hydrogens (primary N) is 1. The van der Waals surface area contributed by atoms with Crippen molar-refractivity contribution in [2.45, 2.75) is 25.7 Å². The van der Waals surface area contributed by atoms with E-state index >= 15 is 0 Å². The van der Waals surface area contributed by atoms with Gasteiger partial charge < -0.3 is 5.73 Å². The van der Waals surface area contributed by atoms with Crippen molar-refractivity contribution >= 4 is 17.5 Å². The summed E-state index contributed by atoms with van der Waals surface area (Å²) in [6.45, 7) is 0. The summed E-state index contributed by atoms with van der Waals surface area (Å²) in [4.78, 5) is 15.0. The van der Waals surface area contributed by atoms with Gasteiger partial charge in [0.05, 0.1) is 5.02 Å². The summed E-state index contributed by atoms with van der Waals surface area (Å²) in [5, 5.41) is 0.453. The highest BCUT2D eigenvalue weighted by atomic mass is 35.5. The Hall–Kier alpha value is -1.09. The first-order valence-electron chi connectivity index (χ1n) is 4.66. The van der Waals surface area contributed by atoms with Crippen molar-refractivity contribution in [1.29, 1.82) is 0 Å². The van der Waals surface area contributed by atoms with Gasteiger partial charge >= 0.3 is 0 Å². The van der Waals surface area contributed by atoms with Crippen LogP contribution < -0.4 is 5.73 Å². The van der Waals surface area contributed by atoms with E-state index in [2.05, 4.69) is 4.98 Å². The number of carbonyl (C=O) groups is 1. The molecule has 0 aliphatic heterocycles. The molecule has 2 rings (SSSR count). The molecule has 74 valence electrons. The highest BCUT2D eigenvalue weighted by Crippen LogP contribution is 2.28. The van der Waals surface area contributed by atoms with Gasteiger partial charge in [0.2, 0.25) is 0 Å². The third-order valence-corrected chi connectivity index (χ3v) is 2.97. The number of hydrogen-bond donors (Lipinski definition) is 1. The largest absolute Gasteiger partial charge is 0.364 e. The minimum atomic E-state index is -0.552. The van der Waals surface area contributed by atoms with Crippen LogP contribution in [0.4, 0.5) is 0 Å². The molecule has 1 aliphatic rings. The van der Waals surface area contributed by atoms with E-state index in [1.54, 1.807) is 6.20 Å². The Labute approximate surface area is 87.3 Å². The third kappa shape index (κ3) is 1.48. The van der Waals surface area contributed by atoms with Gasteiger partial charge in [-0.2, -0.15) is 0 Å². The van der Waals surface area contributed by atoms with Crippen molar-refractivity contribution in [3.63, 3.8) is 0 Å². The number of rotatable bonds is 1. The zero-order valence-electron chi connectivity index (χ0n) is 7.72. The van der Waals surface area contributed by atoms with Crippen LogP contribution in [-0.4, -0.2) is 10.9 Å². The molecular formula is C10H11ClN2O. The van der Waals surface area contributed by atoms with Crippen molar-refractivity contribution in [2.75, 3.05) is 0 Å². The molecule has 0 fully saturated rings. The van der Waals surface area contributed by atoms with Gasteiger partial charge in [-0.3, -0.25) is 4.79 Å². The molecule has 1 amide bonds. The second-order valence-corrected chi connectivity index (χ2v) is 3.87. The fourth-order valence-electron chi connectivity index (χ4n) is 1.84. The lowest BCUT2D eigenvalue weighted by molar-refractivity contribution is 0.0995. The number of nitrogens with zero attached hydrogens (tertiary/aromatic N) is 1. The van der Waals surface area contributed by atoms with E-state index < -0.39 is 5.91 Å². The molecule has 0 aromatic carbocycles. The van der Waals surface area contributed by atoms with E-state index in [9.17, 15) is 4.79 Å². The lowest BCUT2D eigenvalue weighted by atomic mass is 9.93. The van der Waals surface area contributed by atoms with Gasteiger partial charge in [0.25, 0.3) is 5.91 Å². The summed E-state index contributed by atoms with van der Waals surface area (Å²) in [7, 11) is 0. The van der Waals surface area contributed by atoms with E-state index in [1.165, 1.54) is 6.42 Å². The van der Waals surface area contributed by atoms with E-state index in [0.717, 1.165) is 30.4 Å². The summed E-state index contributed by atoms with van der Waals surface area (Å²) in [6, 6.07) is 0. The number of pyridine rings is 1. The lowest BCUT2D eigenvalue weighted by Crippen LogP contribution is -2.16. The van der Waals surface area contributed by atoms with E-state index in [4.69, 9.17) is 17.3 Å². The lowest BCUT2D eigenvalue weighted by Gasteiger charge is -2.17. The van der Waals surface area contributed by atoms with Crippen molar-refractivity contribution in [3.05, 3.63) is 28.0 Å². The maximum atomic E-state index is 11.0. The monoisotopic (exact) mass is 210 g/mol. The first-order chi connectivity index (χ1) is 6.70. The average molecular weight is 211 g/mol. The molecule has 0 bridgehead atoms. The molecule has 1 aromatic rings. The number of carbonyl (C=O) groups excluding carboxylic acids is 1. The molecular weight excluding hydrogens is 200 g/mol. The minimum Gasteiger partial charge on any atom is -0.364 e. The first kappa shape index (κ1) is 9.46. The molecule has 4 heteroatoms. The van der Waals surface area contributed by atoms with E-state index in [0.29, 0.717) is 5.02 Å². The molecule has 0 radical (unpaired) electrons. The van der Waals surface area contributed by atoms with Gasteiger partial charge in [-0.1, -0.05) is 11.6 Å². The smallest absolute Gasteiger partial charge is 0.268 e. The standard InChI is InChI=1S/C10H11ClN2O/c11-8-7-4-2-1-3-6(7)5-13-9(8)10(12)14/h5H,1-4H2,(H2,12,14). The van der Waals surface area contributed by atoms with Crippen LogP contribution in [0.25, 0.3) is 0 Å². The Morgan fingerprint density at radius 1 is 1.43 bits per heavy atom. The highest BCUT2D eigenvalue weighted by molar-refractivity contribution is 6.34. The van der Waals surface area contributed by atoms with Crippen molar-refractivity contribution in [1.82, 2.24) is 4.98 Å². The van der Waals surface area contributed by atoms with E-state index in [-0.39, 0.29) is 5.69 Å². The maximum Gasteiger partial charge on any atom is 0.268 e. The van der Waals surface area contributed by atoms with Gasteiger partial charge in [-0.05, 0) is 36.8 Å². The quantitative estimate of drug-likeness (QED) is 0.767. The molecule has 0 saturated heterocycles. The Balaban J connectivity index is 2.54. The molecule has 2 N–H and O–H groups in total. The second-order valence-electron chi connectivity index (χ2n) is 3.50. The van der Waals surface area contributed by atoms with Crippen LogP contribution in [0.3, 0.4) is 0 Å². The second kappa shape index (κ2) is 3.58. The number of hydrogen-bond acceptors (Lipinski definition) is 2. The topological polar surface area (TPSA) is 56.0 Å². The Bertz CT molecular complexity index is 390. The first-order valence-corrected chi connectivity index (χ1v) is 5.04. The van der Waals surface area contributed by atoms with Crippen LogP contribution in [0.5, 0.6) is 0 Å². The van der Waals surface area contributed by atoms with Crippen LogP contribution >= 0.6 is 11.6 Å². The van der Waals surface area contributed by atoms with Crippen molar-refractivity contribution in [2.24, 2.45) is 5.73 Å². The number of fused-ring (bicyclic) bond motifs is 1. The van der Waals surface area contributed by atoms with E-state index in [1.807, 2.05) is 0 Å². The van der Waals surface area contributed by atoms with Crippen molar-refractivity contribution in [3.8, 4) is 0 Å². The number of primary amides is 1. The molecule has 0 saturated carbocycles. The Morgan fingerprint density at radius 2 is 2.14 bits per heavy atom. The fourth-order valence-corrected chi connectivity index (χ4v) is 2.19. The summed E-state index contributed by atoms with van der Waals surface area (Å²) < 4.78 is 0. The molecule has 3 nitrogen and oxygen atoms in total. The van der Waals surface area contributed by atoms with Crippen molar-refractivity contribution < 1.29 is 4.79 Å². The maximum absolute atomic E-state index is 11.0. The van der Waals surface area contributed by atoms with Crippen LogP contribution in [-0.2, 0) is 12.8 Å². The third-order valence-electron chi connectivity index (χ3n) is 2.57. The van der Waals surface area contributed by atoms with Crippen LogP contribution in [0.2, 0.25) is 5.02 Å². The predicted molar refractivity (Wildman–Crippen MR) is 54.4 cm³/mol. The van der Waals surface area contributed by atoms with Crippen LogP contribution in [0, 0.1) is 0 Å². The number of aromatic nitrogens is 1. The summed E-state index contributed by atoms with van der Waals surface area (Å²) >= 11 is 6.06. The number of aryl methyl sites for hydroxylation is 1. The number of halogens is 1. The number of amides is 1. The summed E-state index contributed by atoms with van der Waals surface area (Å²) in [6.07, 6.45) is 5.94. The SMILES string of the molecule is NC(=O)c1ncc2c(c1Cl)CCCC2. The van der Waals surface area contributed by atoms with Gasteiger partial charge in [-0.15, -0.1) is 0 Å². The molecule has 1 aromatic heterocycles. The predicted octanol–water partition coefficient (Wildman–Crippen LogP) is 1.71. The average Bonchev–Trinajstić information content (AvgIpc) is 2.18. The minimum absolute atomic E-state index is 0.201. The molecule has 14 heavy (non-hydrogen) atoms. The van der Waals surface area contributed by atoms with Gasteiger partial charge in [-0.25, -0.2) is 4.98 Å². The molecule has 1 aliphatic carbocycles. The Kier molecular flexibility index (Phi) is 2.42. The fraction of sp³-hybridized carbons (Fsp3) is 0.400. The molecule has 1 heterocycles. The molecule has 0 atom stereocenters. The molecule has 0 spiro atoms. The van der Waals surface area contributed by atoms with Gasteiger partial charge in [0.15, 0.2) is 0 Å². The van der Waals surface area contributed by atoms with Gasteiger partial charge in [0, 0.05) is 6.20 Å². The highest BCUT2D eigenvalue weighted by Gasteiger charge is 2.18. The van der Waals surface area contributed by atoms with Gasteiger partial charge in [0.1, 0.15) is 5.69 Å². The van der Waals surface area contributed by atoms with Crippen LogP contribution in [0.1, 0.15) is 34.5 Å². The zero-order valence-corrected chi connectivity index (χ0v) is 8.47. The normalized spacial score (nSPS) is 14.9. The molecule has 0 unspecified atom stereocenters. The Morgan fingerprint density at radius 3 is 2.86 bits per heavy atom.